The summed E-state index contributed by atoms with van der Waals surface area (Å²) in [7, 11) is 0. The minimum atomic E-state index is -4.61. The van der Waals surface area contributed by atoms with Crippen LogP contribution in [0.25, 0.3) is 21.2 Å². The van der Waals surface area contributed by atoms with E-state index in [4.69, 9.17) is 0 Å². The molecule has 11 rings (SSSR count). The number of hydrogen-bond acceptors (Lipinski definition) is 3. The van der Waals surface area contributed by atoms with Crippen molar-refractivity contribution in [3.8, 4) is 11.1 Å². The third-order valence-electron chi connectivity index (χ3n) is 16.5. The van der Waals surface area contributed by atoms with E-state index in [9.17, 15) is 0 Å². The van der Waals surface area contributed by atoms with Gasteiger partial charge in [0, 0.05) is 33.0 Å². The van der Waals surface area contributed by atoms with Crippen molar-refractivity contribution in [3.63, 3.8) is 0 Å². The molecule has 4 aliphatic rings. The molecule has 0 N–H and O–H groups in total. The zero-order valence-electron chi connectivity index (χ0n) is 41.2. The summed E-state index contributed by atoms with van der Waals surface area (Å²) in [5.41, 5.74) is 15.5. The highest BCUT2D eigenvalue weighted by Crippen LogP contribution is 2.56. The summed E-state index contributed by atoms with van der Waals surface area (Å²) >= 11 is 1.69. The van der Waals surface area contributed by atoms with Crippen LogP contribution < -0.4 is 26.2 Å². The van der Waals surface area contributed by atoms with Crippen molar-refractivity contribution in [2.24, 2.45) is 0 Å². The highest BCUT2D eigenvalue weighted by molar-refractivity contribution is 7.26. The molecule has 2 aliphatic carbocycles. The maximum atomic E-state index is 16.0. The van der Waals surface area contributed by atoms with Crippen molar-refractivity contribution in [2.45, 2.75) is 142 Å². The normalized spacial score (nSPS) is 18.5. The topological polar surface area (TPSA) is 6.48 Å². The number of hydrogen-bond donors (Lipinski definition) is 0. The van der Waals surface area contributed by atoms with Crippen LogP contribution in [0.5, 0.6) is 0 Å². The van der Waals surface area contributed by atoms with Crippen molar-refractivity contribution in [1.29, 1.82) is 0 Å². The van der Waals surface area contributed by atoms with Crippen LogP contribution in [0.1, 0.15) is 141 Å². The van der Waals surface area contributed by atoms with Crippen LogP contribution in [0, 0.1) is 6.92 Å². The largest absolute Gasteiger partial charge is 0.416 e. The van der Waals surface area contributed by atoms with Crippen molar-refractivity contribution >= 4 is 78.0 Å². The highest BCUT2D eigenvalue weighted by atomic mass is 32.1. The predicted octanol–water partition coefficient (Wildman–Crippen LogP) is 16.0. The SMILES string of the molecule is Cc1cc(C(C)(C)C)ccc1N1c2cc(C(F)(F)F)cc3c2B(c2cc4c(cc2N3c2cc3c(cc2-c2ccccc2)C(C)(C)CCC3(C)C)C(C)(C)CCC4(C)C)c2c1sc1ccccc21. The van der Waals surface area contributed by atoms with Crippen molar-refractivity contribution in [2.75, 3.05) is 9.80 Å². The summed E-state index contributed by atoms with van der Waals surface area (Å²) in [6, 6.07) is 38.3. The molecular formula is C60H62BF3N2S. The Bertz CT molecular complexity index is 3200. The highest BCUT2D eigenvalue weighted by Gasteiger charge is 2.50. The molecule has 0 amide bonds. The van der Waals surface area contributed by atoms with Gasteiger partial charge in [0.2, 0.25) is 0 Å². The van der Waals surface area contributed by atoms with Crippen LogP contribution in [0.3, 0.4) is 0 Å². The lowest BCUT2D eigenvalue weighted by Crippen LogP contribution is -2.61. The molecule has 0 atom stereocenters. The van der Waals surface area contributed by atoms with Gasteiger partial charge in [-0.3, -0.25) is 0 Å². The Morgan fingerprint density at radius 3 is 1.64 bits per heavy atom. The molecule has 0 saturated heterocycles. The lowest BCUT2D eigenvalue weighted by atomic mass is 9.33. The Labute approximate surface area is 400 Å². The molecule has 2 nitrogen and oxygen atoms in total. The molecule has 2 aliphatic heterocycles. The van der Waals surface area contributed by atoms with E-state index >= 15 is 13.2 Å². The first-order valence-corrected chi connectivity index (χ1v) is 25.1. The maximum absolute atomic E-state index is 16.0. The summed E-state index contributed by atoms with van der Waals surface area (Å²) < 4.78 is 49.1. The van der Waals surface area contributed by atoms with Gasteiger partial charge in [-0.2, -0.15) is 13.2 Å². The van der Waals surface area contributed by atoms with Gasteiger partial charge in [-0.15, -0.1) is 11.3 Å². The minimum Gasteiger partial charge on any atom is -0.311 e. The Hall–Kier alpha value is -5.27. The fraction of sp³-hybridized carbons (Fsp3) is 0.367. The molecule has 6 aromatic carbocycles. The third kappa shape index (κ3) is 6.71. The molecule has 0 radical (unpaired) electrons. The summed E-state index contributed by atoms with van der Waals surface area (Å²) in [4.78, 5) is 4.48. The number of thiophene rings is 1. The standard InChI is InChI=1S/C60H62BF3N2S/c1-35-28-37(55(2,3)4)22-23-46(35)66-50-30-38(60(62,63)64)29-49-53(50)61(52-39-20-16-17-21-51(39)67-54(52)66)45-32-42-44(59(11,12)27-25-57(42,7)8)34-48(45)65(49)47-33-43-41(56(5,6)24-26-58(43,9)10)31-40(47)36-18-14-13-15-19-36/h13-23,28-34H,24-27H2,1-12H3. The quantitative estimate of drug-likeness (QED) is 0.163. The van der Waals surface area contributed by atoms with Gasteiger partial charge >= 0.3 is 6.18 Å². The van der Waals surface area contributed by atoms with Crippen LogP contribution in [-0.2, 0) is 33.3 Å². The molecular weight excluding hydrogens is 849 g/mol. The number of nitrogens with zero attached hydrogens (tertiary/aromatic N) is 2. The second-order valence-electron chi connectivity index (χ2n) is 23.9. The van der Waals surface area contributed by atoms with Crippen molar-refractivity contribution in [1.82, 2.24) is 0 Å². The molecule has 0 unspecified atom stereocenters. The van der Waals surface area contributed by atoms with E-state index in [1.165, 1.54) is 45.4 Å². The van der Waals surface area contributed by atoms with Gasteiger partial charge in [-0.05, 0) is 163 Å². The molecule has 1 aromatic heterocycles. The van der Waals surface area contributed by atoms with Gasteiger partial charge in [0.15, 0.2) is 0 Å². The Morgan fingerprint density at radius 1 is 0.522 bits per heavy atom. The molecule has 0 bridgehead atoms. The number of alkyl halides is 3. The molecule has 342 valence electrons. The zero-order valence-corrected chi connectivity index (χ0v) is 42.1. The van der Waals surface area contributed by atoms with Gasteiger partial charge in [0.25, 0.3) is 6.71 Å². The van der Waals surface area contributed by atoms with Gasteiger partial charge in [-0.25, -0.2) is 0 Å². The molecule has 3 heterocycles. The van der Waals surface area contributed by atoms with Crippen LogP contribution in [0.4, 0.5) is 46.6 Å². The average molecular weight is 911 g/mol. The first kappa shape index (κ1) is 44.3. The molecule has 7 aromatic rings. The zero-order chi connectivity index (χ0) is 47.5. The monoisotopic (exact) mass is 910 g/mol. The van der Waals surface area contributed by atoms with E-state index in [0.717, 1.165) is 85.4 Å². The smallest absolute Gasteiger partial charge is 0.311 e. The second kappa shape index (κ2) is 14.4. The van der Waals surface area contributed by atoms with Crippen LogP contribution in [0.2, 0.25) is 0 Å². The number of benzene rings is 6. The first-order valence-electron chi connectivity index (χ1n) is 24.3. The Morgan fingerprint density at radius 2 is 1.06 bits per heavy atom. The number of rotatable bonds is 3. The first-order chi connectivity index (χ1) is 31.4. The van der Waals surface area contributed by atoms with Gasteiger partial charge in [0.05, 0.1) is 16.3 Å². The summed E-state index contributed by atoms with van der Waals surface area (Å²) in [6.45, 7) is 27.3. The summed E-state index contributed by atoms with van der Waals surface area (Å²) in [5, 5.41) is 2.13. The Balaban J connectivity index is 1.33. The van der Waals surface area contributed by atoms with Gasteiger partial charge in [0.1, 0.15) is 0 Å². The molecule has 0 saturated carbocycles. The van der Waals surface area contributed by atoms with Crippen LogP contribution >= 0.6 is 11.3 Å². The number of anilines is 6. The lowest BCUT2D eigenvalue weighted by molar-refractivity contribution is -0.137. The van der Waals surface area contributed by atoms with Crippen LogP contribution in [0.15, 0.2) is 109 Å². The van der Waals surface area contributed by atoms with Gasteiger partial charge < -0.3 is 9.80 Å². The second-order valence-corrected chi connectivity index (χ2v) is 24.9. The van der Waals surface area contributed by atoms with E-state index in [-0.39, 0.29) is 33.8 Å². The number of fused-ring (bicyclic) bond motifs is 8. The summed E-state index contributed by atoms with van der Waals surface area (Å²) in [6.07, 6.45) is -0.476. The van der Waals surface area contributed by atoms with Gasteiger partial charge in [-0.1, -0.05) is 143 Å². The number of aryl methyl sites for hydroxylation is 1. The maximum Gasteiger partial charge on any atom is 0.416 e. The summed E-state index contributed by atoms with van der Waals surface area (Å²) in [5.74, 6) is 0. The minimum absolute atomic E-state index is 0.0842. The Kier molecular flexibility index (Phi) is 9.50. The van der Waals surface area contributed by atoms with Crippen molar-refractivity contribution in [3.05, 3.63) is 148 Å². The average Bonchev–Trinajstić information content (AvgIpc) is 3.65. The third-order valence-corrected chi connectivity index (χ3v) is 17.7. The van der Waals surface area contributed by atoms with E-state index in [1.54, 1.807) is 11.3 Å². The van der Waals surface area contributed by atoms with E-state index < -0.39 is 11.7 Å². The van der Waals surface area contributed by atoms with E-state index in [2.05, 4.69) is 184 Å². The fourth-order valence-electron chi connectivity index (χ4n) is 12.2. The lowest BCUT2D eigenvalue weighted by Gasteiger charge is -2.48. The van der Waals surface area contributed by atoms with Crippen LogP contribution in [-0.4, -0.2) is 6.71 Å². The predicted molar refractivity (Wildman–Crippen MR) is 280 cm³/mol. The molecule has 67 heavy (non-hydrogen) atoms. The van der Waals surface area contributed by atoms with E-state index in [0.29, 0.717) is 11.4 Å². The van der Waals surface area contributed by atoms with E-state index in [1.807, 2.05) is 6.07 Å². The van der Waals surface area contributed by atoms with Crippen molar-refractivity contribution < 1.29 is 13.2 Å². The molecule has 7 heteroatoms. The molecule has 0 spiro atoms. The molecule has 0 fully saturated rings. The fourth-order valence-corrected chi connectivity index (χ4v) is 13.5. The number of halogens is 3.